The SMILES string of the molecule is O=C(NCC1CCCC(Cl)C1)C1CCCc2ccccc21. The Morgan fingerprint density at radius 2 is 2.05 bits per heavy atom. The first kappa shape index (κ1) is 14.9. The van der Waals surface area contributed by atoms with Gasteiger partial charge in [0.1, 0.15) is 0 Å². The Morgan fingerprint density at radius 3 is 2.90 bits per heavy atom. The van der Waals surface area contributed by atoms with Crippen LogP contribution in [0.1, 0.15) is 55.6 Å². The van der Waals surface area contributed by atoms with Gasteiger partial charge in [-0.3, -0.25) is 4.79 Å². The monoisotopic (exact) mass is 305 g/mol. The fourth-order valence-electron chi connectivity index (χ4n) is 3.81. The van der Waals surface area contributed by atoms with Gasteiger partial charge in [0.25, 0.3) is 0 Å². The van der Waals surface area contributed by atoms with Gasteiger partial charge in [-0.2, -0.15) is 0 Å². The zero-order valence-corrected chi connectivity index (χ0v) is 13.2. The first-order valence-electron chi connectivity index (χ1n) is 8.23. The molecular formula is C18H24ClNO. The number of rotatable bonds is 3. The number of benzene rings is 1. The normalized spacial score (nSPS) is 28.7. The van der Waals surface area contributed by atoms with E-state index in [0.717, 1.165) is 38.6 Å². The summed E-state index contributed by atoms with van der Waals surface area (Å²) in [6.45, 7) is 0.792. The number of carbonyl (C=O) groups is 1. The lowest BCUT2D eigenvalue weighted by atomic mass is 9.82. The van der Waals surface area contributed by atoms with Crippen molar-refractivity contribution in [3.63, 3.8) is 0 Å². The minimum atomic E-state index is 0.0466. The van der Waals surface area contributed by atoms with Gasteiger partial charge in [-0.1, -0.05) is 30.7 Å². The number of hydrogen-bond donors (Lipinski definition) is 1. The van der Waals surface area contributed by atoms with Crippen molar-refractivity contribution in [1.29, 1.82) is 0 Å². The van der Waals surface area contributed by atoms with E-state index < -0.39 is 0 Å². The molecule has 114 valence electrons. The largest absolute Gasteiger partial charge is 0.355 e. The highest BCUT2D eigenvalue weighted by Crippen LogP contribution is 2.32. The van der Waals surface area contributed by atoms with Crippen LogP contribution in [0.2, 0.25) is 0 Å². The summed E-state index contributed by atoms with van der Waals surface area (Å²) in [5, 5.41) is 3.49. The molecule has 3 unspecified atom stereocenters. The van der Waals surface area contributed by atoms with Crippen LogP contribution < -0.4 is 5.32 Å². The van der Waals surface area contributed by atoms with Crippen molar-refractivity contribution in [3.8, 4) is 0 Å². The molecule has 2 nitrogen and oxygen atoms in total. The topological polar surface area (TPSA) is 29.1 Å². The van der Waals surface area contributed by atoms with Gasteiger partial charge < -0.3 is 5.32 Å². The van der Waals surface area contributed by atoms with E-state index >= 15 is 0 Å². The highest BCUT2D eigenvalue weighted by molar-refractivity contribution is 6.20. The molecule has 0 radical (unpaired) electrons. The Bertz CT molecular complexity index is 502. The van der Waals surface area contributed by atoms with Gasteiger partial charge in [-0.25, -0.2) is 0 Å². The number of nitrogens with one attached hydrogen (secondary N) is 1. The highest BCUT2D eigenvalue weighted by Gasteiger charge is 2.27. The summed E-state index contributed by atoms with van der Waals surface area (Å²) in [6, 6.07) is 8.40. The van der Waals surface area contributed by atoms with E-state index in [9.17, 15) is 4.79 Å². The van der Waals surface area contributed by atoms with E-state index in [1.54, 1.807) is 0 Å². The van der Waals surface area contributed by atoms with Crippen LogP contribution in [-0.2, 0) is 11.2 Å². The maximum absolute atomic E-state index is 12.5. The minimum Gasteiger partial charge on any atom is -0.355 e. The lowest BCUT2D eigenvalue weighted by Crippen LogP contribution is -2.36. The van der Waals surface area contributed by atoms with Crippen LogP contribution in [0.15, 0.2) is 24.3 Å². The van der Waals surface area contributed by atoms with Gasteiger partial charge in [0.15, 0.2) is 0 Å². The van der Waals surface area contributed by atoms with Crippen molar-refractivity contribution in [2.75, 3.05) is 6.54 Å². The molecule has 0 heterocycles. The van der Waals surface area contributed by atoms with E-state index in [0.29, 0.717) is 11.3 Å². The number of amides is 1. The maximum Gasteiger partial charge on any atom is 0.227 e. The van der Waals surface area contributed by atoms with Crippen LogP contribution in [0, 0.1) is 5.92 Å². The molecule has 1 aromatic carbocycles. The number of carbonyl (C=O) groups excluding carboxylic acids is 1. The van der Waals surface area contributed by atoms with Crippen molar-refractivity contribution in [3.05, 3.63) is 35.4 Å². The smallest absolute Gasteiger partial charge is 0.227 e. The van der Waals surface area contributed by atoms with Crippen molar-refractivity contribution in [2.45, 2.75) is 56.2 Å². The molecule has 1 fully saturated rings. The van der Waals surface area contributed by atoms with E-state index in [-0.39, 0.29) is 11.8 Å². The molecule has 0 spiro atoms. The van der Waals surface area contributed by atoms with Crippen LogP contribution in [-0.4, -0.2) is 17.8 Å². The second kappa shape index (κ2) is 6.83. The molecule has 2 aliphatic carbocycles. The summed E-state index contributed by atoms with van der Waals surface area (Å²) in [5.74, 6) is 0.813. The molecule has 0 saturated heterocycles. The lowest BCUT2D eigenvalue weighted by molar-refractivity contribution is -0.123. The summed E-state index contributed by atoms with van der Waals surface area (Å²) in [7, 11) is 0. The highest BCUT2D eigenvalue weighted by atomic mass is 35.5. The third-order valence-corrected chi connectivity index (χ3v) is 5.37. The molecule has 3 rings (SSSR count). The van der Waals surface area contributed by atoms with Crippen LogP contribution in [0.4, 0.5) is 0 Å². The number of hydrogen-bond acceptors (Lipinski definition) is 1. The first-order chi connectivity index (χ1) is 10.2. The Hall–Kier alpha value is -1.02. The van der Waals surface area contributed by atoms with E-state index in [1.165, 1.54) is 24.0 Å². The van der Waals surface area contributed by atoms with Crippen LogP contribution in [0.25, 0.3) is 0 Å². The Morgan fingerprint density at radius 1 is 1.19 bits per heavy atom. The van der Waals surface area contributed by atoms with Crippen molar-refractivity contribution >= 4 is 17.5 Å². The molecule has 2 aliphatic rings. The minimum absolute atomic E-state index is 0.0466. The van der Waals surface area contributed by atoms with Crippen molar-refractivity contribution in [1.82, 2.24) is 5.32 Å². The second-order valence-corrected chi connectivity index (χ2v) is 7.14. The van der Waals surface area contributed by atoms with Gasteiger partial charge >= 0.3 is 0 Å². The summed E-state index contributed by atoms with van der Waals surface area (Å²) < 4.78 is 0. The van der Waals surface area contributed by atoms with Gasteiger partial charge in [-0.05, 0) is 55.6 Å². The molecule has 3 heteroatoms. The van der Waals surface area contributed by atoms with Gasteiger partial charge in [0.2, 0.25) is 5.91 Å². The quantitative estimate of drug-likeness (QED) is 0.840. The fourth-order valence-corrected chi connectivity index (χ4v) is 4.21. The van der Waals surface area contributed by atoms with Crippen molar-refractivity contribution < 1.29 is 4.79 Å². The van der Waals surface area contributed by atoms with E-state index in [1.807, 2.05) is 6.07 Å². The third-order valence-electron chi connectivity index (χ3n) is 4.97. The summed E-state index contributed by atoms with van der Waals surface area (Å²) in [6.07, 6.45) is 7.77. The number of aryl methyl sites for hydroxylation is 1. The standard InChI is InChI=1S/C18H24ClNO/c19-15-8-3-5-13(11-15)12-20-18(21)17-10-4-7-14-6-1-2-9-16(14)17/h1-2,6,9,13,15,17H,3-5,7-8,10-12H2,(H,20,21). The van der Waals surface area contributed by atoms with Crippen molar-refractivity contribution in [2.24, 2.45) is 5.92 Å². The summed E-state index contributed by atoms with van der Waals surface area (Å²) >= 11 is 6.23. The molecule has 1 N–H and O–H groups in total. The van der Waals surface area contributed by atoms with Gasteiger partial charge in [0.05, 0.1) is 5.92 Å². The number of fused-ring (bicyclic) bond motifs is 1. The first-order valence-corrected chi connectivity index (χ1v) is 8.67. The third kappa shape index (κ3) is 3.60. The van der Waals surface area contributed by atoms with Crippen LogP contribution in [0.3, 0.4) is 0 Å². The average molecular weight is 306 g/mol. The maximum atomic E-state index is 12.5. The second-order valence-electron chi connectivity index (χ2n) is 6.52. The molecule has 0 aliphatic heterocycles. The molecule has 21 heavy (non-hydrogen) atoms. The predicted molar refractivity (Wildman–Crippen MR) is 86.7 cm³/mol. The fraction of sp³-hybridized carbons (Fsp3) is 0.611. The zero-order valence-electron chi connectivity index (χ0n) is 12.5. The predicted octanol–water partition coefficient (Wildman–Crippen LogP) is 4.02. The molecule has 3 atom stereocenters. The van der Waals surface area contributed by atoms with E-state index in [4.69, 9.17) is 11.6 Å². The summed E-state index contributed by atoms with van der Waals surface area (Å²) in [5.41, 5.74) is 2.59. The van der Waals surface area contributed by atoms with Crippen LogP contribution >= 0.6 is 11.6 Å². The number of halogens is 1. The Labute approximate surface area is 132 Å². The molecular weight excluding hydrogens is 282 g/mol. The Kier molecular flexibility index (Phi) is 4.84. The molecule has 1 aromatic rings. The molecule has 1 saturated carbocycles. The molecule has 1 amide bonds. The zero-order chi connectivity index (χ0) is 14.7. The van der Waals surface area contributed by atoms with Gasteiger partial charge in [-0.15, -0.1) is 11.6 Å². The Balaban J connectivity index is 1.59. The van der Waals surface area contributed by atoms with Crippen LogP contribution in [0.5, 0.6) is 0 Å². The summed E-state index contributed by atoms with van der Waals surface area (Å²) in [4.78, 5) is 12.5. The lowest BCUT2D eigenvalue weighted by Gasteiger charge is -2.28. The average Bonchev–Trinajstić information content (AvgIpc) is 2.52. The van der Waals surface area contributed by atoms with Gasteiger partial charge in [0, 0.05) is 11.9 Å². The molecule has 0 bridgehead atoms. The molecule has 0 aromatic heterocycles. The number of alkyl halides is 1. The van der Waals surface area contributed by atoms with E-state index in [2.05, 4.69) is 23.5 Å².